The average molecular weight is 323 g/mol. The summed E-state index contributed by atoms with van der Waals surface area (Å²) in [5.74, 6) is 0.496. The van der Waals surface area contributed by atoms with Crippen molar-refractivity contribution >= 4 is 12.0 Å². The molecule has 122 valence electrons. The molecule has 0 aliphatic heterocycles. The van der Waals surface area contributed by atoms with E-state index in [2.05, 4.69) is 15.0 Å². The number of nitrogens with two attached hydrogens (primary N) is 2. The number of aryl methyl sites for hydroxylation is 1. The number of H-pyrrole nitrogens is 1. The van der Waals surface area contributed by atoms with Crippen molar-refractivity contribution in [2.24, 2.45) is 5.73 Å². The fraction of sp³-hybridized carbons (Fsp3) is 0.118. The molecule has 3 aromatic rings. The number of amides is 1. The van der Waals surface area contributed by atoms with E-state index >= 15 is 0 Å². The third-order valence-electron chi connectivity index (χ3n) is 3.82. The highest BCUT2D eigenvalue weighted by Gasteiger charge is 2.17. The van der Waals surface area contributed by atoms with Crippen molar-refractivity contribution < 1.29 is 9.53 Å². The fourth-order valence-electron chi connectivity index (χ4n) is 2.51. The Kier molecular flexibility index (Phi) is 3.91. The zero-order chi connectivity index (χ0) is 17.3. The van der Waals surface area contributed by atoms with Crippen LogP contribution in [0, 0.1) is 13.8 Å². The molecule has 0 fully saturated rings. The van der Waals surface area contributed by atoms with Crippen LogP contribution < -0.4 is 16.2 Å². The number of nitrogens with one attached hydrogen (secondary N) is 1. The monoisotopic (exact) mass is 323 g/mol. The summed E-state index contributed by atoms with van der Waals surface area (Å²) in [7, 11) is 0. The quantitative estimate of drug-likeness (QED) is 0.684. The first-order valence-corrected chi connectivity index (χ1v) is 7.31. The number of nitrogen functional groups attached to an aromatic ring is 1. The Morgan fingerprint density at radius 3 is 2.75 bits per heavy atom. The molecule has 3 rings (SSSR count). The van der Waals surface area contributed by atoms with Gasteiger partial charge in [-0.1, -0.05) is 18.2 Å². The lowest BCUT2D eigenvalue weighted by molar-refractivity contribution is 0.211. The van der Waals surface area contributed by atoms with Crippen molar-refractivity contribution in [3.63, 3.8) is 0 Å². The minimum absolute atomic E-state index is 0.160. The van der Waals surface area contributed by atoms with E-state index in [1.165, 1.54) is 0 Å². The summed E-state index contributed by atoms with van der Waals surface area (Å²) in [6.07, 6.45) is 0.680. The highest BCUT2D eigenvalue weighted by atomic mass is 16.5. The highest BCUT2D eigenvalue weighted by molar-refractivity contribution is 5.79. The van der Waals surface area contributed by atoms with Crippen LogP contribution in [0.4, 0.5) is 10.7 Å². The Hall–Kier alpha value is -3.35. The lowest BCUT2D eigenvalue weighted by atomic mass is 10.0. The van der Waals surface area contributed by atoms with Gasteiger partial charge in [0.25, 0.3) is 0 Å². The summed E-state index contributed by atoms with van der Waals surface area (Å²) in [5.41, 5.74) is 15.8. The van der Waals surface area contributed by atoms with E-state index in [1.807, 2.05) is 32.0 Å². The van der Waals surface area contributed by atoms with Crippen LogP contribution in [-0.4, -0.2) is 21.0 Å². The lowest BCUT2D eigenvalue weighted by Crippen LogP contribution is -2.16. The van der Waals surface area contributed by atoms with Gasteiger partial charge in [-0.05, 0) is 31.0 Å². The number of primary amides is 1. The molecule has 7 nitrogen and oxygen atoms in total. The van der Waals surface area contributed by atoms with Gasteiger partial charge >= 0.3 is 6.09 Å². The molecule has 0 aliphatic rings. The Labute approximate surface area is 138 Å². The maximum Gasteiger partial charge on any atom is 0.410 e. The second kappa shape index (κ2) is 6.04. The average Bonchev–Trinajstić information content (AvgIpc) is 2.93. The molecule has 2 heterocycles. The van der Waals surface area contributed by atoms with Gasteiger partial charge in [0.15, 0.2) is 5.75 Å². The molecule has 0 spiro atoms. The van der Waals surface area contributed by atoms with Gasteiger partial charge in [0.05, 0.1) is 17.1 Å². The Balaban J connectivity index is 2.17. The van der Waals surface area contributed by atoms with Gasteiger partial charge in [-0.15, -0.1) is 0 Å². The number of carbonyl (C=O) groups is 1. The third-order valence-corrected chi connectivity index (χ3v) is 3.82. The van der Waals surface area contributed by atoms with Crippen molar-refractivity contribution in [1.82, 2.24) is 15.0 Å². The molecule has 7 heteroatoms. The minimum Gasteiger partial charge on any atom is -0.408 e. The van der Waals surface area contributed by atoms with Crippen LogP contribution in [0.15, 0.2) is 36.5 Å². The first-order chi connectivity index (χ1) is 11.5. The molecular formula is C17H17N5O2. The Morgan fingerprint density at radius 2 is 2.04 bits per heavy atom. The van der Waals surface area contributed by atoms with Crippen LogP contribution in [0.3, 0.4) is 0 Å². The van der Waals surface area contributed by atoms with Gasteiger partial charge in [0.1, 0.15) is 0 Å². The molecule has 0 aliphatic carbocycles. The van der Waals surface area contributed by atoms with Crippen LogP contribution >= 0.6 is 0 Å². The zero-order valence-corrected chi connectivity index (χ0v) is 13.3. The molecule has 1 aromatic carbocycles. The molecule has 5 N–H and O–H groups in total. The largest absolute Gasteiger partial charge is 0.410 e. The molecule has 0 saturated carbocycles. The van der Waals surface area contributed by atoms with E-state index < -0.39 is 6.09 Å². The van der Waals surface area contributed by atoms with E-state index in [0.29, 0.717) is 22.8 Å². The van der Waals surface area contributed by atoms with Crippen molar-refractivity contribution in [1.29, 1.82) is 0 Å². The molecule has 2 aromatic heterocycles. The summed E-state index contributed by atoms with van der Waals surface area (Å²) in [5, 5.41) is 0. The van der Waals surface area contributed by atoms with Crippen molar-refractivity contribution in [3.8, 4) is 28.4 Å². The predicted molar refractivity (Wildman–Crippen MR) is 91.4 cm³/mol. The number of hydrogen-bond donors (Lipinski definition) is 3. The lowest BCUT2D eigenvalue weighted by Gasteiger charge is -2.09. The topological polar surface area (TPSA) is 120 Å². The van der Waals surface area contributed by atoms with Crippen molar-refractivity contribution in [2.45, 2.75) is 13.8 Å². The number of carbonyl (C=O) groups excluding carboxylic acids is 1. The smallest absolute Gasteiger partial charge is 0.408 e. The number of ether oxygens (including phenoxy) is 1. The first kappa shape index (κ1) is 15.5. The summed E-state index contributed by atoms with van der Waals surface area (Å²) >= 11 is 0. The summed E-state index contributed by atoms with van der Waals surface area (Å²) < 4.78 is 5.16. The Bertz CT molecular complexity index is 917. The first-order valence-electron chi connectivity index (χ1n) is 7.31. The van der Waals surface area contributed by atoms with E-state index in [0.717, 1.165) is 16.7 Å². The van der Waals surface area contributed by atoms with E-state index in [4.69, 9.17) is 16.2 Å². The van der Waals surface area contributed by atoms with Crippen molar-refractivity contribution in [3.05, 3.63) is 47.7 Å². The van der Waals surface area contributed by atoms with Crippen LogP contribution in [0.5, 0.6) is 5.75 Å². The SMILES string of the molecule is Cc1cccc(-c2[nH]c(-c3ccnc(N)n3)cc2OC(N)=O)c1C. The molecule has 0 radical (unpaired) electrons. The fourth-order valence-corrected chi connectivity index (χ4v) is 2.51. The molecule has 0 atom stereocenters. The number of aromatic nitrogens is 3. The predicted octanol–water partition coefficient (Wildman–Crippen LogP) is 2.80. The van der Waals surface area contributed by atoms with Crippen molar-refractivity contribution in [2.75, 3.05) is 5.73 Å². The minimum atomic E-state index is -0.880. The van der Waals surface area contributed by atoms with Gasteiger partial charge in [-0.2, -0.15) is 0 Å². The maximum atomic E-state index is 11.2. The maximum absolute atomic E-state index is 11.2. The standard InChI is InChI=1S/C17H17N5O2/c1-9-4-3-5-11(10(9)2)15-14(24-17(19)23)8-13(21-15)12-6-7-20-16(18)22-12/h3-8,21H,1-2H3,(H2,19,23)(H2,18,20,22). The molecule has 0 bridgehead atoms. The van der Waals surface area contributed by atoms with Gasteiger partial charge in [-0.3, -0.25) is 0 Å². The molecule has 1 amide bonds. The summed E-state index contributed by atoms with van der Waals surface area (Å²) in [4.78, 5) is 22.5. The zero-order valence-electron chi connectivity index (χ0n) is 13.3. The van der Waals surface area contributed by atoms with Crippen LogP contribution in [0.25, 0.3) is 22.6 Å². The summed E-state index contributed by atoms with van der Waals surface area (Å²) in [6.45, 7) is 4.02. The van der Waals surface area contributed by atoms with Gasteiger partial charge in [0, 0.05) is 17.8 Å². The number of aromatic amines is 1. The molecule has 24 heavy (non-hydrogen) atoms. The van der Waals surface area contributed by atoms with E-state index in [1.54, 1.807) is 18.3 Å². The number of rotatable bonds is 3. The van der Waals surface area contributed by atoms with Crippen LogP contribution in [-0.2, 0) is 0 Å². The van der Waals surface area contributed by atoms with E-state index in [-0.39, 0.29) is 5.95 Å². The van der Waals surface area contributed by atoms with Gasteiger partial charge < -0.3 is 21.2 Å². The number of hydrogen-bond acceptors (Lipinski definition) is 5. The molecular weight excluding hydrogens is 306 g/mol. The normalized spacial score (nSPS) is 10.6. The molecule has 0 saturated heterocycles. The van der Waals surface area contributed by atoms with Gasteiger partial charge in [0.2, 0.25) is 5.95 Å². The highest BCUT2D eigenvalue weighted by Crippen LogP contribution is 2.36. The Morgan fingerprint density at radius 1 is 1.25 bits per heavy atom. The van der Waals surface area contributed by atoms with E-state index in [9.17, 15) is 4.79 Å². The third kappa shape index (κ3) is 2.91. The second-order valence-electron chi connectivity index (χ2n) is 5.39. The number of benzene rings is 1. The second-order valence-corrected chi connectivity index (χ2v) is 5.39. The number of anilines is 1. The summed E-state index contributed by atoms with van der Waals surface area (Å²) in [6, 6.07) is 9.28. The van der Waals surface area contributed by atoms with Crippen LogP contribution in [0.1, 0.15) is 11.1 Å². The molecule has 0 unspecified atom stereocenters. The van der Waals surface area contributed by atoms with Gasteiger partial charge in [-0.25, -0.2) is 14.8 Å². The number of nitrogens with zero attached hydrogens (tertiary/aromatic N) is 2. The van der Waals surface area contributed by atoms with Crippen LogP contribution in [0.2, 0.25) is 0 Å².